The van der Waals surface area contributed by atoms with Crippen molar-refractivity contribution in [3.8, 4) is 0 Å². The smallest absolute Gasteiger partial charge is 0.320 e. The first-order valence-electron chi connectivity index (χ1n) is 4.80. The number of aliphatic hydroxyl groups is 1. The molecule has 0 aromatic carbocycles. The van der Waals surface area contributed by atoms with Crippen molar-refractivity contribution in [2.45, 2.75) is 38.3 Å². The zero-order valence-corrected chi connectivity index (χ0v) is 7.94. The van der Waals surface area contributed by atoms with Gasteiger partial charge in [0.2, 0.25) is 0 Å². The van der Waals surface area contributed by atoms with Crippen LogP contribution in [0.5, 0.6) is 0 Å². The Kier molecular flexibility index (Phi) is 3.69. The van der Waals surface area contributed by atoms with Crippen molar-refractivity contribution in [1.82, 2.24) is 4.90 Å². The summed E-state index contributed by atoms with van der Waals surface area (Å²) in [6.45, 7) is 2.74. The van der Waals surface area contributed by atoms with Crippen LogP contribution in [0, 0.1) is 0 Å². The fourth-order valence-corrected chi connectivity index (χ4v) is 2.02. The number of likely N-dealkylation sites (tertiary alicyclic amines) is 1. The van der Waals surface area contributed by atoms with Gasteiger partial charge in [-0.05, 0) is 25.8 Å². The summed E-state index contributed by atoms with van der Waals surface area (Å²) in [6.07, 6.45) is 2.51. The van der Waals surface area contributed by atoms with Gasteiger partial charge in [0.15, 0.2) is 0 Å². The molecule has 1 rings (SSSR count). The Morgan fingerprint density at radius 2 is 2.38 bits per heavy atom. The first-order chi connectivity index (χ1) is 6.20. The van der Waals surface area contributed by atoms with Gasteiger partial charge in [-0.3, -0.25) is 9.69 Å². The molecule has 1 unspecified atom stereocenters. The third kappa shape index (κ3) is 2.19. The highest BCUT2D eigenvalue weighted by atomic mass is 16.4. The van der Waals surface area contributed by atoms with Gasteiger partial charge >= 0.3 is 5.97 Å². The van der Waals surface area contributed by atoms with E-state index in [2.05, 4.69) is 0 Å². The molecule has 0 amide bonds. The molecule has 2 atom stereocenters. The lowest BCUT2D eigenvalue weighted by atomic mass is 10.1. The van der Waals surface area contributed by atoms with Crippen LogP contribution in [-0.2, 0) is 4.79 Å². The van der Waals surface area contributed by atoms with E-state index in [0.717, 1.165) is 19.4 Å². The fourth-order valence-electron chi connectivity index (χ4n) is 2.02. The Balaban J connectivity index is 2.61. The number of hydrogen-bond donors (Lipinski definition) is 2. The lowest BCUT2D eigenvalue weighted by Crippen LogP contribution is -2.45. The number of hydrogen-bond acceptors (Lipinski definition) is 3. The lowest BCUT2D eigenvalue weighted by Gasteiger charge is -2.28. The molecule has 0 saturated carbocycles. The zero-order valence-electron chi connectivity index (χ0n) is 7.94. The molecule has 1 saturated heterocycles. The lowest BCUT2D eigenvalue weighted by molar-refractivity contribution is -0.144. The Bertz CT molecular complexity index is 184. The molecule has 0 aromatic heterocycles. The van der Waals surface area contributed by atoms with Crippen molar-refractivity contribution < 1.29 is 15.0 Å². The molecule has 4 nitrogen and oxygen atoms in total. The van der Waals surface area contributed by atoms with Gasteiger partial charge in [0.25, 0.3) is 0 Å². The molecule has 4 heteroatoms. The first-order valence-corrected chi connectivity index (χ1v) is 4.80. The number of aliphatic carboxylic acids is 1. The van der Waals surface area contributed by atoms with Crippen LogP contribution in [0.15, 0.2) is 0 Å². The third-order valence-corrected chi connectivity index (χ3v) is 2.71. The molecule has 1 fully saturated rings. The van der Waals surface area contributed by atoms with Gasteiger partial charge in [0, 0.05) is 6.04 Å². The van der Waals surface area contributed by atoms with E-state index < -0.39 is 12.0 Å². The molecule has 1 aliphatic heterocycles. The van der Waals surface area contributed by atoms with Gasteiger partial charge in [0.1, 0.15) is 6.04 Å². The van der Waals surface area contributed by atoms with Crippen molar-refractivity contribution in [3.05, 3.63) is 0 Å². The number of rotatable bonds is 4. The van der Waals surface area contributed by atoms with Crippen molar-refractivity contribution in [1.29, 1.82) is 0 Å². The van der Waals surface area contributed by atoms with Gasteiger partial charge in [0.05, 0.1) is 6.61 Å². The van der Waals surface area contributed by atoms with Crippen LogP contribution >= 0.6 is 0 Å². The van der Waals surface area contributed by atoms with Crippen LogP contribution in [0.2, 0.25) is 0 Å². The Hall–Kier alpha value is -0.610. The Morgan fingerprint density at radius 1 is 1.69 bits per heavy atom. The summed E-state index contributed by atoms with van der Waals surface area (Å²) in [5.74, 6) is -0.775. The first kappa shape index (κ1) is 10.5. The van der Waals surface area contributed by atoms with E-state index in [4.69, 9.17) is 10.2 Å². The normalized spacial score (nSPS) is 26.2. The Labute approximate surface area is 78.2 Å². The monoisotopic (exact) mass is 187 g/mol. The van der Waals surface area contributed by atoms with Crippen LogP contribution in [-0.4, -0.2) is 46.3 Å². The molecule has 76 valence electrons. The van der Waals surface area contributed by atoms with E-state index in [9.17, 15) is 4.79 Å². The van der Waals surface area contributed by atoms with Gasteiger partial charge in [-0.1, -0.05) is 6.92 Å². The van der Waals surface area contributed by atoms with E-state index in [0.29, 0.717) is 6.42 Å². The maximum Gasteiger partial charge on any atom is 0.320 e. The third-order valence-electron chi connectivity index (χ3n) is 2.71. The number of aliphatic hydroxyl groups excluding tert-OH is 1. The zero-order chi connectivity index (χ0) is 9.84. The number of nitrogens with zero attached hydrogens (tertiary/aromatic N) is 1. The average Bonchev–Trinajstić information content (AvgIpc) is 2.53. The summed E-state index contributed by atoms with van der Waals surface area (Å²) in [5.41, 5.74) is 0. The molecular weight excluding hydrogens is 170 g/mol. The van der Waals surface area contributed by atoms with E-state index in [1.807, 2.05) is 11.8 Å². The van der Waals surface area contributed by atoms with E-state index in [-0.39, 0.29) is 12.6 Å². The van der Waals surface area contributed by atoms with Crippen LogP contribution in [0.25, 0.3) is 0 Å². The van der Waals surface area contributed by atoms with Gasteiger partial charge in [-0.2, -0.15) is 0 Å². The average molecular weight is 187 g/mol. The Morgan fingerprint density at radius 3 is 2.85 bits per heavy atom. The van der Waals surface area contributed by atoms with Gasteiger partial charge in [-0.25, -0.2) is 0 Å². The number of carbonyl (C=O) groups is 1. The highest BCUT2D eigenvalue weighted by Gasteiger charge is 2.32. The molecule has 2 N–H and O–H groups in total. The summed E-state index contributed by atoms with van der Waals surface area (Å²) >= 11 is 0. The van der Waals surface area contributed by atoms with E-state index >= 15 is 0 Å². The van der Waals surface area contributed by atoms with E-state index in [1.54, 1.807) is 0 Å². The SMILES string of the molecule is CCC(C(=O)O)N1CCC[C@@H]1CO. The maximum absolute atomic E-state index is 10.9. The van der Waals surface area contributed by atoms with Crippen molar-refractivity contribution >= 4 is 5.97 Å². The van der Waals surface area contributed by atoms with Crippen molar-refractivity contribution in [2.75, 3.05) is 13.2 Å². The number of carboxylic acids is 1. The van der Waals surface area contributed by atoms with Crippen LogP contribution in [0.3, 0.4) is 0 Å². The summed E-state index contributed by atoms with van der Waals surface area (Å²) in [6, 6.07) is -0.360. The largest absolute Gasteiger partial charge is 0.480 e. The molecule has 0 spiro atoms. The number of carboxylic acid groups (broad SMARTS) is 1. The summed E-state index contributed by atoms with van der Waals surface area (Å²) in [7, 11) is 0. The summed E-state index contributed by atoms with van der Waals surface area (Å²) in [4.78, 5) is 12.8. The summed E-state index contributed by atoms with van der Waals surface area (Å²) < 4.78 is 0. The predicted octanol–water partition coefficient (Wildman–Crippen LogP) is 0.306. The second kappa shape index (κ2) is 4.58. The molecular formula is C9H17NO3. The van der Waals surface area contributed by atoms with Crippen LogP contribution < -0.4 is 0 Å². The predicted molar refractivity (Wildman–Crippen MR) is 48.5 cm³/mol. The minimum Gasteiger partial charge on any atom is -0.480 e. The fraction of sp³-hybridized carbons (Fsp3) is 0.889. The highest BCUT2D eigenvalue weighted by molar-refractivity contribution is 5.73. The minimum atomic E-state index is -0.775. The second-order valence-corrected chi connectivity index (χ2v) is 3.48. The molecule has 13 heavy (non-hydrogen) atoms. The molecule has 1 aliphatic rings. The highest BCUT2D eigenvalue weighted by Crippen LogP contribution is 2.21. The maximum atomic E-state index is 10.9. The molecule has 0 aromatic rings. The summed E-state index contributed by atoms with van der Waals surface area (Å²) in [5, 5.41) is 18.0. The quantitative estimate of drug-likeness (QED) is 0.665. The minimum absolute atomic E-state index is 0.0565. The topological polar surface area (TPSA) is 60.8 Å². The van der Waals surface area contributed by atoms with Gasteiger partial charge < -0.3 is 10.2 Å². The van der Waals surface area contributed by atoms with Gasteiger partial charge in [-0.15, -0.1) is 0 Å². The van der Waals surface area contributed by atoms with Crippen LogP contribution in [0.1, 0.15) is 26.2 Å². The molecule has 0 radical (unpaired) electrons. The molecule has 0 bridgehead atoms. The standard InChI is InChI=1S/C9H17NO3/c1-2-8(9(12)13)10-5-3-4-7(10)6-11/h7-8,11H,2-6H2,1H3,(H,12,13)/t7-,8?/m1/s1. The van der Waals surface area contributed by atoms with E-state index in [1.165, 1.54) is 0 Å². The van der Waals surface area contributed by atoms with Crippen LogP contribution in [0.4, 0.5) is 0 Å². The molecule has 1 heterocycles. The second-order valence-electron chi connectivity index (χ2n) is 3.48. The van der Waals surface area contributed by atoms with Crippen molar-refractivity contribution in [3.63, 3.8) is 0 Å². The van der Waals surface area contributed by atoms with Crippen molar-refractivity contribution in [2.24, 2.45) is 0 Å². The molecule has 0 aliphatic carbocycles.